The summed E-state index contributed by atoms with van der Waals surface area (Å²) >= 11 is 0. The molecule has 1 atom stereocenters. The zero-order valence-corrected chi connectivity index (χ0v) is 22.2. The van der Waals surface area contributed by atoms with Crippen LogP contribution in [0, 0.1) is 17.7 Å². The van der Waals surface area contributed by atoms with Crippen LogP contribution >= 0.6 is 0 Å². The molecule has 4 rings (SSSR count). The van der Waals surface area contributed by atoms with Gasteiger partial charge in [-0.25, -0.2) is 12.8 Å². The molecule has 0 spiro atoms. The van der Waals surface area contributed by atoms with E-state index in [1.54, 1.807) is 37.4 Å². The predicted molar refractivity (Wildman–Crippen MR) is 145 cm³/mol. The second kappa shape index (κ2) is 12.0. The first kappa shape index (κ1) is 27.7. The molecule has 1 unspecified atom stereocenters. The fourth-order valence-corrected chi connectivity index (χ4v) is 5.31. The van der Waals surface area contributed by atoms with Crippen LogP contribution in [0.1, 0.15) is 18.1 Å². The second-order valence-electron chi connectivity index (χ2n) is 8.69. The minimum atomic E-state index is -4.16. The Kier molecular flexibility index (Phi) is 8.54. The molecule has 3 aromatic carbocycles. The van der Waals surface area contributed by atoms with Crippen LogP contribution in [0.5, 0.6) is 11.5 Å². The lowest BCUT2D eigenvalue weighted by Gasteiger charge is -2.15. The van der Waals surface area contributed by atoms with Gasteiger partial charge in [-0.15, -0.1) is 5.92 Å². The van der Waals surface area contributed by atoms with Crippen molar-refractivity contribution in [1.29, 1.82) is 0 Å². The molecule has 39 heavy (non-hydrogen) atoms. The van der Waals surface area contributed by atoms with E-state index in [1.165, 1.54) is 43.5 Å². The summed E-state index contributed by atoms with van der Waals surface area (Å²) in [5.74, 6) is 4.80. The minimum Gasteiger partial charge on any atom is -0.497 e. The van der Waals surface area contributed by atoms with Gasteiger partial charge in [0.25, 0.3) is 0 Å². The summed E-state index contributed by atoms with van der Waals surface area (Å²) in [7, 11) is -2.63. The molecule has 0 radical (unpaired) electrons. The number of nitrogens with zero attached hydrogens (tertiary/aromatic N) is 1. The van der Waals surface area contributed by atoms with E-state index in [2.05, 4.69) is 16.6 Å². The number of rotatable bonds is 11. The standard InChI is InChI=1S/C29H27FN2O6S/c1-3-4-15-38-23-9-12-25(13-10-23)39(35,36)31-27(29(33)34)16-21-19-32(18-20-5-7-22(30)8-6-20)28-14-11-24(37-2)17-26(21)28/h5-14,17,19,27,31H,15-16,18H2,1-2H3,(H,33,34). The number of hydrogen-bond acceptors (Lipinski definition) is 5. The third kappa shape index (κ3) is 6.76. The molecule has 4 aromatic rings. The Hall–Kier alpha value is -4.33. The van der Waals surface area contributed by atoms with Crippen LogP contribution in [0.3, 0.4) is 0 Å². The zero-order valence-electron chi connectivity index (χ0n) is 21.3. The fraction of sp³-hybridized carbons (Fsp3) is 0.207. The maximum Gasteiger partial charge on any atom is 0.322 e. The maximum absolute atomic E-state index is 13.4. The molecule has 0 aliphatic heterocycles. The maximum atomic E-state index is 13.4. The summed E-state index contributed by atoms with van der Waals surface area (Å²) in [6.45, 7) is 2.26. The van der Waals surface area contributed by atoms with Crippen molar-refractivity contribution in [1.82, 2.24) is 9.29 Å². The third-order valence-corrected chi connectivity index (χ3v) is 7.57. The Morgan fingerprint density at radius 1 is 1.08 bits per heavy atom. The van der Waals surface area contributed by atoms with Gasteiger partial charge < -0.3 is 19.1 Å². The number of ether oxygens (including phenoxy) is 2. The fourth-order valence-electron chi connectivity index (χ4n) is 4.12. The number of benzene rings is 3. The van der Waals surface area contributed by atoms with Crippen LogP contribution < -0.4 is 14.2 Å². The molecule has 2 N–H and O–H groups in total. The summed E-state index contributed by atoms with van der Waals surface area (Å²) in [5, 5.41) is 10.6. The molecule has 8 nitrogen and oxygen atoms in total. The second-order valence-corrected chi connectivity index (χ2v) is 10.4. The number of aliphatic carboxylic acids is 1. The monoisotopic (exact) mass is 550 g/mol. The van der Waals surface area contributed by atoms with Crippen molar-refractivity contribution >= 4 is 26.9 Å². The number of fused-ring (bicyclic) bond motifs is 1. The van der Waals surface area contributed by atoms with Crippen LogP contribution in [0.4, 0.5) is 4.39 Å². The summed E-state index contributed by atoms with van der Waals surface area (Å²) in [4.78, 5) is 12.1. The van der Waals surface area contributed by atoms with Gasteiger partial charge in [0.1, 0.15) is 30.0 Å². The highest BCUT2D eigenvalue weighted by molar-refractivity contribution is 7.89. The van der Waals surface area contributed by atoms with Gasteiger partial charge in [-0.3, -0.25) is 4.79 Å². The van der Waals surface area contributed by atoms with Gasteiger partial charge in [-0.2, -0.15) is 4.72 Å². The third-order valence-electron chi connectivity index (χ3n) is 6.08. The molecule has 202 valence electrons. The highest BCUT2D eigenvalue weighted by Crippen LogP contribution is 2.28. The van der Waals surface area contributed by atoms with E-state index in [0.29, 0.717) is 23.6 Å². The predicted octanol–water partition coefficient (Wildman–Crippen LogP) is 4.21. The SMILES string of the molecule is CC#CCOc1ccc(S(=O)(=O)NC(Cc2cn(Cc3ccc(F)cc3)c3ccc(OC)cc23)C(=O)O)cc1. The molecule has 0 aliphatic rings. The van der Waals surface area contributed by atoms with Gasteiger partial charge in [0, 0.05) is 30.1 Å². The van der Waals surface area contributed by atoms with E-state index >= 15 is 0 Å². The summed E-state index contributed by atoms with van der Waals surface area (Å²) in [6, 6.07) is 15.7. The normalized spacial score (nSPS) is 12.0. The van der Waals surface area contributed by atoms with Gasteiger partial charge in [-0.05, 0) is 72.6 Å². The first-order valence-corrected chi connectivity index (χ1v) is 13.5. The first-order valence-electron chi connectivity index (χ1n) is 12.0. The van der Waals surface area contributed by atoms with Gasteiger partial charge in [-0.1, -0.05) is 18.1 Å². The van der Waals surface area contributed by atoms with Gasteiger partial charge in [0.2, 0.25) is 10.0 Å². The number of methoxy groups -OCH3 is 1. The molecule has 10 heteroatoms. The van der Waals surface area contributed by atoms with E-state index < -0.39 is 22.0 Å². The molecule has 1 aromatic heterocycles. The Morgan fingerprint density at radius 2 is 1.77 bits per heavy atom. The smallest absolute Gasteiger partial charge is 0.322 e. The average molecular weight is 551 g/mol. The summed E-state index contributed by atoms with van der Waals surface area (Å²) in [5.41, 5.74) is 2.26. The van der Waals surface area contributed by atoms with Gasteiger partial charge in [0.05, 0.1) is 12.0 Å². The summed E-state index contributed by atoms with van der Waals surface area (Å²) in [6.07, 6.45) is 1.66. The lowest BCUT2D eigenvalue weighted by molar-refractivity contribution is -0.138. The quantitative estimate of drug-likeness (QED) is 0.271. The average Bonchev–Trinajstić information content (AvgIpc) is 3.25. The van der Waals surface area contributed by atoms with Crippen LogP contribution in [0.2, 0.25) is 0 Å². The Bertz CT molecular complexity index is 1640. The number of sulfonamides is 1. The van der Waals surface area contributed by atoms with E-state index in [1.807, 2.05) is 10.6 Å². The van der Waals surface area contributed by atoms with Crippen molar-refractivity contribution in [3.05, 3.63) is 89.9 Å². The molecule has 0 amide bonds. The van der Waals surface area contributed by atoms with Crippen LogP contribution in [0.15, 0.2) is 77.8 Å². The van der Waals surface area contributed by atoms with Gasteiger partial charge in [0.15, 0.2) is 0 Å². The van der Waals surface area contributed by atoms with E-state index in [4.69, 9.17) is 9.47 Å². The van der Waals surface area contributed by atoms with Crippen molar-refractivity contribution in [2.45, 2.75) is 30.8 Å². The lowest BCUT2D eigenvalue weighted by atomic mass is 10.1. The van der Waals surface area contributed by atoms with E-state index in [9.17, 15) is 22.7 Å². The Labute approximate surface area is 226 Å². The van der Waals surface area contributed by atoms with Crippen molar-refractivity contribution in [2.75, 3.05) is 13.7 Å². The molecule has 0 aliphatic carbocycles. The highest BCUT2D eigenvalue weighted by Gasteiger charge is 2.27. The van der Waals surface area contributed by atoms with Crippen molar-refractivity contribution in [3.63, 3.8) is 0 Å². The minimum absolute atomic E-state index is 0.0944. The number of aromatic nitrogens is 1. The number of nitrogens with one attached hydrogen (secondary N) is 1. The number of carboxylic acids is 1. The topological polar surface area (TPSA) is 107 Å². The van der Waals surface area contributed by atoms with Crippen LogP contribution in [-0.4, -0.2) is 43.8 Å². The molecule has 0 bridgehead atoms. The van der Waals surface area contributed by atoms with Gasteiger partial charge >= 0.3 is 5.97 Å². The van der Waals surface area contributed by atoms with Crippen molar-refractivity contribution in [2.24, 2.45) is 0 Å². The van der Waals surface area contributed by atoms with E-state index in [-0.39, 0.29) is 23.7 Å². The molecule has 0 saturated heterocycles. The number of hydrogen-bond donors (Lipinski definition) is 2. The summed E-state index contributed by atoms with van der Waals surface area (Å²) < 4.78 is 54.5. The largest absolute Gasteiger partial charge is 0.497 e. The molecular weight excluding hydrogens is 523 g/mol. The molecule has 1 heterocycles. The molecule has 0 saturated carbocycles. The zero-order chi connectivity index (χ0) is 28.0. The first-order chi connectivity index (χ1) is 18.7. The number of halogens is 1. The number of carboxylic acid groups (broad SMARTS) is 1. The molecular formula is C29H27FN2O6S. The van der Waals surface area contributed by atoms with Crippen molar-refractivity contribution < 1.29 is 32.2 Å². The van der Waals surface area contributed by atoms with Crippen LogP contribution in [-0.2, 0) is 27.8 Å². The van der Waals surface area contributed by atoms with Crippen molar-refractivity contribution in [3.8, 4) is 23.3 Å². The number of carbonyl (C=O) groups is 1. The Balaban J connectivity index is 1.61. The molecule has 0 fully saturated rings. The lowest BCUT2D eigenvalue weighted by Crippen LogP contribution is -2.42. The van der Waals surface area contributed by atoms with Crippen LogP contribution in [0.25, 0.3) is 10.9 Å². The van der Waals surface area contributed by atoms with E-state index in [0.717, 1.165) is 16.5 Å². The highest BCUT2D eigenvalue weighted by atomic mass is 32.2. The Morgan fingerprint density at radius 3 is 2.41 bits per heavy atom.